The lowest BCUT2D eigenvalue weighted by atomic mass is 10.6. The molecule has 0 saturated heterocycles. The molecule has 0 fully saturated rings. The van der Waals surface area contributed by atoms with Gasteiger partial charge in [0.1, 0.15) is 0 Å². The lowest BCUT2D eigenvalue weighted by Crippen LogP contribution is -2.34. The largest absolute Gasteiger partial charge is 0.362 e. The number of carbonyl (C=O) groups is 1. The highest BCUT2D eigenvalue weighted by Gasteiger charge is 2.18. The third-order valence-corrected chi connectivity index (χ3v) is 1.83. The van der Waals surface area contributed by atoms with Crippen LogP contribution < -0.4 is 0 Å². The van der Waals surface area contributed by atoms with E-state index >= 15 is 0 Å². The molecule has 0 aromatic carbocycles. The minimum absolute atomic E-state index is 0.257. The normalized spacial score (nSPS) is 11.1. The van der Waals surface area contributed by atoms with Gasteiger partial charge in [-0.1, -0.05) is 0 Å². The Kier molecular flexibility index (Phi) is 2.79. The number of carbonyl (C=O) groups excluding carboxylic acids is 1. The fourth-order valence-corrected chi connectivity index (χ4v) is 0.991. The maximum Gasteiger partial charge on any atom is 0.362 e. The first kappa shape index (κ1) is 9.38. The summed E-state index contributed by atoms with van der Waals surface area (Å²) in [4.78, 5) is 10.4. The van der Waals surface area contributed by atoms with E-state index < -0.39 is 16.2 Å². The summed E-state index contributed by atoms with van der Waals surface area (Å²) in [6.07, 6.45) is 0. The van der Waals surface area contributed by atoms with Gasteiger partial charge in [0.25, 0.3) is 0 Å². The molecule has 0 aliphatic heterocycles. The average molecular weight is 166 g/mol. The van der Waals surface area contributed by atoms with Crippen LogP contribution in [-0.2, 0) is 15.1 Å². The Hall–Kier alpha value is -0.620. The van der Waals surface area contributed by atoms with Gasteiger partial charge in [-0.15, -0.1) is 0 Å². The molecule has 1 N–H and O–H groups in total. The molecular weight excluding hydrogens is 158 g/mol. The number of amides is 1. The van der Waals surface area contributed by atoms with E-state index in [1.54, 1.807) is 0 Å². The summed E-state index contributed by atoms with van der Waals surface area (Å²) in [5.41, 5.74) is 0. The van der Waals surface area contributed by atoms with Gasteiger partial charge in [-0.25, -0.2) is 4.31 Å². The van der Waals surface area contributed by atoms with Crippen LogP contribution in [-0.4, -0.2) is 29.7 Å². The molecule has 0 saturated carbocycles. The summed E-state index contributed by atoms with van der Waals surface area (Å²) in [5.74, 6) is -0.752. The second kappa shape index (κ2) is 2.98. The molecule has 0 aliphatic carbocycles. The summed E-state index contributed by atoms with van der Waals surface area (Å²) in [6, 6.07) is 0. The van der Waals surface area contributed by atoms with E-state index in [0.717, 1.165) is 6.92 Å². The van der Waals surface area contributed by atoms with Crippen LogP contribution >= 0.6 is 0 Å². The summed E-state index contributed by atoms with van der Waals surface area (Å²) in [6.45, 7) is 3.87. The molecule has 0 aliphatic rings. The molecule has 6 heteroatoms. The van der Waals surface area contributed by atoms with E-state index in [4.69, 9.17) is 4.55 Å². The summed E-state index contributed by atoms with van der Waals surface area (Å²) >= 11 is 0. The van der Waals surface area contributed by atoms with Crippen LogP contribution in [0.25, 0.3) is 0 Å². The summed E-state index contributed by atoms with van der Waals surface area (Å²) < 4.78 is 29.0. The fraction of sp³-hybridized carbons (Fsp3) is 0.500. The van der Waals surface area contributed by atoms with Crippen LogP contribution in [0.4, 0.5) is 0 Å². The van der Waals surface area contributed by atoms with Crippen LogP contribution in [0, 0.1) is 6.92 Å². The van der Waals surface area contributed by atoms with Crippen molar-refractivity contribution >= 4 is 16.2 Å². The van der Waals surface area contributed by atoms with Crippen molar-refractivity contribution in [1.82, 2.24) is 4.31 Å². The molecular formula is C4H8NO4S. The molecule has 0 aromatic rings. The van der Waals surface area contributed by atoms with Gasteiger partial charge < -0.3 is 0 Å². The minimum Gasteiger partial charge on any atom is -0.274 e. The molecule has 1 amide bonds. The number of nitrogens with zero attached hydrogens (tertiary/aromatic N) is 1. The third kappa shape index (κ3) is 2.32. The van der Waals surface area contributed by atoms with Gasteiger partial charge >= 0.3 is 10.3 Å². The van der Waals surface area contributed by atoms with Crippen molar-refractivity contribution in [3.8, 4) is 0 Å². The molecule has 0 spiro atoms. The summed E-state index contributed by atoms with van der Waals surface area (Å²) in [7, 11) is -4.39. The highest BCUT2D eigenvalue weighted by Crippen LogP contribution is 1.95. The zero-order chi connectivity index (χ0) is 8.36. The van der Waals surface area contributed by atoms with Crippen molar-refractivity contribution in [3.05, 3.63) is 6.92 Å². The lowest BCUT2D eigenvalue weighted by Gasteiger charge is -2.12. The first-order chi connectivity index (χ1) is 4.39. The first-order valence-corrected chi connectivity index (χ1v) is 3.84. The second-order valence-corrected chi connectivity index (χ2v) is 2.91. The van der Waals surface area contributed by atoms with Crippen LogP contribution in [0.5, 0.6) is 0 Å². The van der Waals surface area contributed by atoms with Crippen LogP contribution in [0.3, 0.4) is 0 Å². The Morgan fingerprint density at radius 1 is 1.70 bits per heavy atom. The maximum absolute atomic E-state index is 10.4. The van der Waals surface area contributed by atoms with Gasteiger partial charge in [0, 0.05) is 13.5 Å². The average Bonchev–Trinajstić information content (AvgIpc) is 1.60. The number of hydrogen-bond acceptors (Lipinski definition) is 3. The topological polar surface area (TPSA) is 74.7 Å². The van der Waals surface area contributed by atoms with E-state index in [2.05, 4.69) is 6.92 Å². The van der Waals surface area contributed by atoms with Crippen molar-refractivity contribution in [1.29, 1.82) is 0 Å². The second-order valence-electron chi connectivity index (χ2n) is 1.57. The number of hydrogen-bond donors (Lipinski definition) is 1. The third-order valence-electron chi connectivity index (χ3n) is 0.833. The van der Waals surface area contributed by atoms with Crippen LogP contribution in [0.2, 0.25) is 0 Å². The highest BCUT2D eigenvalue weighted by molar-refractivity contribution is 7.84. The molecule has 0 atom stereocenters. The van der Waals surface area contributed by atoms with Crippen molar-refractivity contribution in [2.24, 2.45) is 0 Å². The van der Waals surface area contributed by atoms with Crippen LogP contribution in [0.15, 0.2) is 0 Å². The SMILES string of the molecule is [CH2]CN(C(C)=O)S(=O)(=O)O. The quantitative estimate of drug-likeness (QED) is 0.560. The van der Waals surface area contributed by atoms with Crippen molar-refractivity contribution < 1.29 is 17.8 Å². The molecule has 1 radical (unpaired) electrons. The first-order valence-electron chi connectivity index (χ1n) is 2.44. The molecule has 0 unspecified atom stereocenters. The van der Waals surface area contributed by atoms with Crippen molar-refractivity contribution in [2.45, 2.75) is 6.92 Å². The van der Waals surface area contributed by atoms with E-state index in [9.17, 15) is 13.2 Å². The Balaban J connectivity index is 4.55. The Morgan fingerprint density at radius 3 is 2.10 bits per heavy atom. The van der Waals surface area contributed by atoms with Gasteiger partial charge in [0.05, 0.1) is 0 Å². The van der Waals surface area contributed by atoms with E-state index in [0.29, 0.717) is 0 Å². The molecule has 59 valence electrons. The smallest absolute Gasteiger partial charge is 0.274 e. The van der Waals surface area contributed by atoms with E-state index in [1.165, 1.54) is 0 Å². The molecule has 10 heavy (non-hydrogen) atoms. The number of rotatable bonds is 2. The zero-order valence-electron chi connectivity index (χ0n) is 5.44. The van der Waals surface area contributed by atoms with Crippen LogP contribution in [0.1, 0.15) is 6.92 Å². The Morgan fingerprint density at radius 2 is 2.10 bits per heavy atom. The van der Waals surface area contributed by atoms with Gasteiger partial charge in [0.15, 0.2) is 0 Å². The summed E-state index contributed by atoms with van der Waals surface area (Å²) in [5, 5.41) is 0. The molecule has 5 nitrogen and oxygen atoms in total. The van der Waals surface area contributed by atoms with Gasteiger partial charge in [0.2, 0.25) is 5.91 Å². The highest BCUT2D eigenvalue weighted by atomic mass is 32.2. The Labute approximate surface area is 59.5 Å². The standard InChI is InChI=1S/C4H8NO4S/c1-3-5(4(2)6)10(7,8)9/h1,3H2,2H3,(H,7,8,9). The molecule has 0 rings (SSSR count). The predicted octanol–water partition coefficient (Wildman–Crippen LogP) is -0.528. The minimum atomic E-state index is -4.39. The molecule has 0 bridgehead atoms. The van der Waals surface area contributed by atoms with Gasteiger partial charge in [-0.05, 0) is 6.92 Å². The lowest BCUT2D eigenvalue weighted by molar-refractivity contribution is -0.124. The van der Waals surface area contributed by atoms with Gasteiger partial charge in [-0.2, -0.15) is 8.42 Å². The van der Waals surface area contributed by atoms with Gasteiger partial charge in [-0.3, -0.25) is 9.35 Å². The van der Waals surface area contributed by atoms with Crippen molar-refractivity contribution in [2.75, 3.05) is 6.54 Å². The monoisotopic (exact) mass is 166 g/mol. The predicted molar refractivity (Wildman–Crippen MR) is 34.3 cm³/mol. The Bertz CT molecular complexity index is 219. The fourth-order valence-electron chi connectivity index (χ4n) is 0.435. The van der Waals surface area contributed by atoms with Crippen molar-refractivity contribution in [3.63, 3.8) is 0 Å². The zero-order valence-corrected chi connectivity index (χ0v) is 6.26. The van der Waals surface area contributed by atoms with E-state index in [-0.39, 0.29) is 10.8 Å². The maximum atomic E-state index is 10.4. The van der Waals surface area contributed by atoms with E-state index in [1.807, 2.05) is 0 Å². The molecule has 0 aromatic heterocycles. The molecule has 0 heterocycles.